The molecule has 10 heteroatoms. The van der Waals surface area contributed by atoms with Crippen LogP contribution in [0.1, 0.15) is 12.0 Å². The van der Waals surface area contributed by atoms with Crippen LogP contribution in [-0.2, 0) is 10.5 Å². The largest absolute Gasteiger partial charge is 0.490 e. The number of carbonyl (C=O) groups is 1. The third kappa shape index (κ3) is 8.34. The number of carbonyl (C=O) groups excluding carboxylic acids is 1. The number of nitrogens with one attached hydrogen (secondary N) is 2. The summed E-state index contributed by atoms with van der Waals surface area (Å²) in [5.74, 6) is 1.12. The number of nitro groups is 1. The second-order valence-corrected chi connectivity index (χ2v) is 7.04. The summed E-state index contributed by atoms with van der Waals surface area (Å²) in [6.07, 6.45) is 0.946. The molecular formula is C17H27ClN4O4S. The number of rotatable bonds is 10. The molecule has 0 bridgehead atoms. The molecule has 1 fully saturated rings. The zero-order valence-corrected chi connectivity index (χ0v) is 17.1. The first-order valence-electron chi connectivity index (χ1n) is 8.69. The molecule has 0 aliphatic carbocycles. The summed E-state index contributed by atoms with van der Waals surface area (Å²) in [6, 6.07) is 4.87. The highest BCUT2D eigenvalue weighted by Gasteiger charge is 2.15. The Balaban J connectivity index is 0.00000364. The lowest BCUT2D eigenvalue weighted by atomic mass is 10.2. The summed E-state index contributed by atoms with van der Waals surface area (Å²) < 4.78 is 4.98. The molecule has 0 spiro atoms. The van der Waals surface area contributed by atoms with E-state index in [1.54, 1.807) is 12.1 Å². The van der Waals surface area contributed by atoms with Crippen LogP contribution >= 0.6 is 24.2 Å². The van der Waals surface area contributed by atoms with Gasteiger partial charge in [0.25, 0.3) is 0 Å². The minimum absolute atomic E-state index is 0. The molecule has 0 saturated carbocycles. The van der Waals surface area contributed by atoms with Crippen molar-refractivity contribution in [2.45, 2.75) is 12.2 Å². The summed E-state index contributed by atoms with van der Waals surface area (Å²) in [6.45, 7) is 5.89. The Labute approximate surface area is 170 Å². The SMILES string of the molecule is COc1ccc(CSCC(=O)NCCCN2CCNCC2)cc1[N+](=O)[O-].Cl. The smallest absolute Gasteiger partial charge is 0.311 e. The third-order valence-electron chi connectivity index (χ3n) is 4.12. The number of nitrogens with zero attached hydrogens (tertiary/aromatic N) is 2. The van der Waals surface area contributed by atoms with Gasteiger partial charge in [0.15, 0.2) is 5.75 Å². The number of benzene rings is 1. The first-order valence-corrected chi connectivity index (χ1v) is 9.84. The Morgan fingerprint density at radius 2 is 2.15 bits per heavy atom. The molecular weight excluding hydrogens is 392 g/mol. The van der Waals surface area contributed by atoms with E-state index < -0.39 is 4.92 Å². The van der Waals surface area contributed by atoms with Crippen molar-refractivity contribution in [1.82, 2.24) is 15.5 Å². The molecule has 1 heterocycles. The van der Waals surface area contributed by atoms with Gasteiger partial charge in [0, 0.05) is 44.5 Å². The van der Waals surface area contributed by atoms with Gasteiger partial charge in [0.2, 0.25) is 5.91 Å². The Kier molecular flexibility index (Phi) is 11.1. The van der Waals surface area contributed by atoms with Crippen LogP contribution in [0.15, 0.2) is 18.2 Å². The van der Waals surface area contributed by atoms with Gasteiger partial charge in [-0.1, -0.05) is 6.07 Å². The van der Waals surface area contributed by atoms with Gasteiger partial charge in [-0.05, 0) is 24.6 Å². The number of methoxy groups -OCH3 is 1. The van der Waals surface area contributed by atoms with Crippen molar-refractivity contribution < 1.29 is 14.5 Å². The van der Waals surface area contributed by atoms with Crippen molar-refractivity contribution >= 4 is 35.8 Å². The standard InChI is InChI=1S/C17H26N4O4S.ClH/c1-25-16-4-3-14(11-15(16)21(23)24)12-26-13-17(22)19-5-2-8-20-9-6-18-7-10-20;/h3-4,11,18H,2,5-10,12-13H2,1H3,(H,19,22);1H. The number of ether oxygens (including phenoxy) is 1. The molecule has 1 saturated heterocycles. The van der Waals surface area contributed by atoms with E-state index >= 15 is 0 Å². The minimum Gasteiger partial charge on any atom is -0.490 e. The Morgan fingerprint density at radius 1 is 1.41 bits per heavy atom. The number of hydrogen-bond donors (Lipinski definition) is 2. The lowest BCUT2D eigenvalue weighted by Gasteiger charge is -2.27. The second-order valence-electron chi connectivity index (χ2n) is 6.05. The van der Waals surface area contributed by atoms with E-state index in [0.717, 1.165) is 44.7 Å². The third-order valence-corrected chi connectivity index (χ3v) is 5.13. The van der Waals surface area contributed by atoms with Crippen LogP contribution in [0, 0.1) is 10.1 Å². The summed E-state index contributed by atoms with van der Waals surface area (Å²) in [5.41, 5.74) is 0.747. The van der Waals surface area contributed by atoms with Gasteiger partial charge >= 0.3 is 5.69 Å². The maximum atomic E-state index is 11.9. The predicted octanol–water partition coefficient (Wildman–Crippen LogP) is 1.67. The Hall–Kier alpha value is -1.55. The molecule has 8 nitrogen and oxygen atoms in total. The second kappa shape index (κ2) is 12.8. The van der Waals surface area contributed by atoms with Crippen LogP contribution < -0.4 is 15.4 Å². The maximum absolute atomic E-state index is 11.9. The van der Waals surface area contributed by atoms with Gasteiger partial charge in [-0.15, -0.1) is 24.2 Å². The zero-order valence-electron chi connectivity index (χ0n) is 15.4. The maximum Gasteiger partial charge on any atom is 0.311 e. The van der Waals surface area contributed by atoms with Crippen LogP contribution in [0.5, 0.6) is 5.75 Å². The van der Waals surface area contributed by atoms with Gasteiger partial charge in [0.1, 0.15) is 0 Å². The highest BCUT2D eigenvalue weighted by Crippen LogP contribution is 2.28. The van der Waals surface area contributed by atoms with E-state index in [4.69, 9.17) is 4.74 Å². The summed E-state index contributed by atoms with van der Waals surface area (Å²) in [4.78, 5) is 24.8. The molecule has 2 rings (SSSR count). The lowest BCUT2D eigenvalue weighted by molar-refractivity contribution is -0.385. The molecule has 152 valence electrons. The summed E-state index contributed by atoms with van der Waals surface area (Å²) in [5, 5.41) is 17.3. The van der Waals surface area contributed by atoms with Crippen LogP contribution in [0.25, 0.3) is 0 Å². The van der Waals surface area contributed by atoms with Crippen LogP contribution in [-0.4, -0.2) is 67.9 Å². The van der Waals surface area contributed by atoms with Gasteiger partial charge in [0.05, 0.1) is 17.8 Å². The van der Waals surface area contributed by atoms with E-state index in [9.17, 15) is 14.9 Å². The zero-order chi connectivity index (χ0) is 18.8. The fourth-order valence-corrected chi connectivity index (χ4v) is 3.55. The van der Waals surface area contributed by atoms with E-state index in [-0.39, 0.29) is 29.8 Å². The number of amides is 1. The minimum atomic E-state index is -0.460. The van der Waals surface area contributed by atoms with E-state index in [1.807, 2.05) is 0 Å². The van der Waals surface area contributed by atoms with Crippen molar-refractivity contribution in [2.75, 3.05) is 52.1 Å². The van der Waals surface area contributed by atoms with Gasteiger partial charge in [-0.25, -0.2) is 0 Å². The topological polar surface area (TPSA) is 96.7 Å². The summed E-state index contributed by atoms with van der Waals surface area (Å²) in [7, 11) is 1.41. The normalized spacial score (nSPS) is 14.3. The van der Waals surface area contributed by atoms with E-state index in [0.29, 0.717) is 18.1 Å². The summed E-state index contributed by atoms with van der Waals surface area (Å²) >= 11 is 1.44. The molecule has 1 aliphatic heterocycles. The van der Waals surface area contributed by atoms with Crippen molar-refractivity contribution in [2.24, 2.45) is 0 Å². The monoisotopic (exact) mass is 418 g/mol. The van der Waals surface area contributed by atoms with Crippen molar-refractivity contribution in [3.05, 3.63) is 33.9 Å². The molecule has 0 aromatic heterocycles. The average molecular weight is 419 g/mol. The molecule has 1 aliphatic rings. The molecule has 0 radical (unpaired) electrons. The van der Waals surface area contributed by atoms with Crippen molar-refractivity contribution in [1.29, 1.82) is 0 Å². The van der Waals surface area contributed by atoms with Crippen LogP contribution in [0.3, 0.4) is 0 Å². The molecule has 1 aromatic rings. The Bertz CT molecular complexity index is 615. The molecule has 1 aromatic carbocycles. The number of thioether (sulfide) groups is 1. The fraction of sp³-hybridized carbons (Fsp3) is 0.588. The van der Waals surface area contributed by atoms with Crippen LogP contribution in [0.4, 0.5) is 5.69 Å². The van der Waals surface area contributed by atoms with Gasteiger partial charge in [-0.3, -0.25) is 14.9 Å². The number of nitro benzene ring substituents is 1. The quantitative estimate of drug-likeness (QED) is 0.339. The van der Waals surface area contributed by atoms with Gasteiger partial charge in [-0.2, -0.15) is 0 Å². The number of piperazine rings is 1. The molecule has 1 amide bonds. The number of hydrogen-bond acceptors (Lipinski definition) is 7. The molecule has 0 atom stereocenters. The van der Waals surface area contributed by atoms with E-state index in [2.05, 4.69) is 15.5 Å². The van der Waals surface area contributed by atoms with Crippen molar-refractivity contribution in [3.63, 3.8) is 0 Å². The molecule has 2 N–H and O–H groups in total. The first-order chi connectivity index (χ1) is 12.6. The highest BCUT2D eigenvalue weighted by molar-refractivity contribution is 7.99. The van der Waals surface area contributed by atoms with E-state index in [1.165, 1.54) is 24.9 Å². The molecule has 27 heavy (non-hydrogen) atoms. The van der Waals surface area contributed by atoms with Crippen molar-refractivity contribution in [3.8, 4) is 5.75 Å². The highest BCUT2D eigenvalue weighted by atomic mass is 35.5. The predicted molar refractivity (Wildman–Crippen MR) is 110 cm³/mol. The molecule has 0 unspecified atom stereocenters. The lowest BCUT2D eigenvalue weighted by Crippen LogP contribution is -2.44. The first kappa shape index (κ1) is 23.5. The number of halogens is 1. The van der Waals surface area contributed by atoms with Gasteiger partial charge < -0.3 is 20.3 Å². The van der Waals surface area contributed by atoms with Crippen LogP contribution in [0.2, 0.25) is 0 Å². The average Bonchev–Trinajstić information content (AvgIpc) is 2.66. The Morgan fingerprint density at radius 3 is 2.81 bits per heavy atom. The fourth-order valence-electron chi connectivity index (χ4n) is 2.75.